The topological polar surface area (TPSA) is 72.7 Å². The third-order valence-electron chi connectivity index (χ3n) is 4.96. The van der Waals surface area contributed by atoms with Gasteiger partial charge in [0.1, 0.15) is 0 Å². The van der Waals surface area contributed by atoms with Gasteiger partial charge in [-0.05, 0) is 54.8 Å². The Bertz CT molecular complexity index is 1140. The molecule has 162 valence electrons. The number of hydrogen-bond acceptors (Lipinski definition) is 5. The Morgan fingerprint density at radius 1 is 1.00 bits per heavy atom. The van der Waals surface area contributed by atoms with Gasteiger partial charge in [-0.2, -0.15) is 0 Å². The Labute approximate surface area is 192 Å². The molecule has 1 amide bonds. The van der Waals surface area contributed by atoms with Gasteiger partial charge in [0.25, 0.3) is 0 Å². The number of hydrogen-bond donors (Lipinski definition) is 1. The number of aryl methyl sites for hydroxylation is 1. The molecule has 0 bridgehead atoms. The zero-order valence-electron chi connectivity index (χ0n) is 17.9. The Kier molecular flexibility index (Phi) is 7.30. The minimum atomic E-state index is -0.0816. The number of nitrogens with zero attached hydrogens (tertiary/aromatic N) is 4. The first-order chi connectivity index (χ1) is 15.7. The molecule has 2 heterocycles. The van der Waals surface area contributed by atoms with Crippen LogP contribution in [0.3, 0.4) is 0 Å². The first-order valence-corrected chi connectivity index (χ1v) is 11.7. The summed E-state index contributed by atoms with van der Waals surface area (Å²) in [5.41, 5.74) is 3.89. The molecule has 0 aliphatic carbocycles. The van der Waals surface area contributed by atoms with E-state index in [-0.39, 0.29) is 11.7 Å². The summed E-state index contributed by atoms with van der Waals surface area (Å²) in [6.45, 7) is 2.19. The maximum atomic E-state index is 12.6. The lowest BCUT2D eigenvalue weighted by Gasteiger charge is -2.10. The highest BCUT2D eigenvalue weighted by atomic mass is 32.2. The molecule has 0 atom stereocenters. The van der Waals surface area contributed by atoms with E-state index in [2.05, 4.69) is 39.6 Å². The summed E-state index contributed by atoms with van der Waals surface area (Å²) in [7, 11) is 0. The van der Waals surface area contributed by atoms with E-state index in [4.69, 9.17) is 0 Å². The molecule has 4 aromatic rings. The van der Waals surface area contributed by atoms with Gasteiger partial charge in [-0.15, -0.1) is 10.2 Å². The maximum Gasteiger partial charge on any atom is 0.234 e. The number of amides is 1. The van der Waals surface area contributed by atoms with Gasteiger partial charge in [0.2, 0.25) is 5.91 Å². The van der Waals surface area contributed by atoms with Crippen molar-refractivity contribution in [3.63, 3.8) is 0 Å². The van der Waals surface area contributed by atoms with Crippen LogP contribution >= 0.6 is 11.8 Å². The quantitative estimate of drug-likeness (QED) is 0.351. The minimum Gasteiger partial charge on any atom is -0.325 e. The van der Waals surface area contributed by atoms with Crippen LogP contribution in [-0.2, 0) is 11.2 Å². The van der Waals surface area contributed by atoms with Gasteiger partial charge < -0.3 is 5.32 Å². The van der Waals surface area contributed by atoms with Crippen LogP contribution in [-0.4, -0.2) is 31.4 Å². The second-order valence-corrected chi connectivity index (χ2v) is 8.30. The van der Waals surface area contributed by atoms with E-state index in [0.29, 0.717) is 11.0 Å². The summed E-state index contributed by atoms with van der Waals surface area (Å²) in [6.07, 6.45) is 6.89. The van der Waals surface area contributed by atoms with Crippen molar-refractivity contribution in [3.05, 3.63) is 84.7 Å². The number of pyridine rings is 1. The number of nitrogens with one attached hydrogen (secondary N) is 1. The van der Waals surface area contributed by atoms with Gasteiger partial charge in [0.05, 0.1) is 5.75 Å². The van der Waals surface area contributed by atoms with Crippen molar-refractivity contribution in [2.24, 2.45) is 0 Å². The predicted octanol–water partition coefficient (Wildman–Crippen LogP) is 5.40. The lowest BCUT2D eigenvalue weighted by Crippen LogP contribution is -2.14. The number of unbranched alkanes of at least 4 members (excludes halogenated alkanes) is 1. The molecule has 2 aromatic carbocycles. The molecule has 2 aromatic heterocycles. The molecule has 0 aliphatic heterocycles. The van der Waals surface area contributed by atoms with Gasteiger partial charge >= 0.3 is 0 Å². The first kappa shape index (κ1) is 21.8. The number of aromatic nitrogens is 4. The van der Waals surface area contributed by atoms with Gasteiger partial charge in [-0.3, -0.25) is 14.3 Å². The molecule has 6 nitrogen and oxygen atoms in total. The van der Waals surface area contributed by atoms with Gasteiger partial charge in [0.15, 0.2) is 11.0 Å². The van der Waals surface area contributed by atoms with E-state index in [1.54, 1.807) is 12.4 Å². The molecule has 4 rings (SSSR count). The lowest BCUT2D eigenvalue weighted by atomic mass is 10.1. The van der Waals surface area contributed by atoms with Crippen molar-refractivity contribution in [1.29, 1.82) is 0 Å². The molecular formula is C25H25N5OS. The highest BCUT2D eigenvalue weighted by molar-refractivity contribution is 7.99. The number of thioether (sulfide) groups is 1. The zero-order chi connectivity index (χ0) is 22.2. The molecule has 7 heteroatoms. The number of anilines is 1. The van der Waals surface area contributed by atoms with E-state index in [0.717, 1.165) is 23.4 Å². The highest BCUT2D eigenvalue weighted by Gasteiger charge is 2.17. The fourth-order valence-electron chi connectivity index (χ4n) is 3.32. The number of carbonyl (C=O) groups is 1. The number of carbonyl (C=O) groups excluding carboxylic acids is 1. The van der Waals surface area contributed by atoms with Crippen molar-refractivity contribution in [1.82, 2.24) is 19.7 Å². The van der Waals surface area contributed by atoms with Crippen molar-refractivity contribution in [3.8, 4) is 17.1 Å². The van der Waals surface area contributed by atoms with Crippen LogP contribution in [0, 0.1) is 0 Å². The second-order valence-electron chi connectivity index (χ2n) is 7.36. The lowest BCUT2D eigenvalue weighted by molar-refractivity contribution is -0.113. The average Bonchev–Trinajstić information content (AvgIpc) is 3.27. The summed E-state index contributed by atoms with van der Waals surface area (Å²) in [6, 6.07) is 21.8. The predicted molar refractivity (Wildman–Crippen MR) is 129 cm³/mol. The SMILES string of the molecule is CCCCc1ccc(NC(=O)CSc2nnc(-c3cccnc3)n2-c2ccccc2)cc1. The van der Waals surface area contributed by atoms with Crippen molar-refractivity contribution >= 4 is 23.4 Å². The van der Waals surface area contributed by atoms with Crippen molar-refractivity contribution < 1.29 is 4.79 Å². The number of para-hydroxylation sites is 1. The molecule has 0 fully saturated rings. The number of benzene rings is 2. The van der Waals surface area contributed by atoms with E-state index in [9.17, 15) is 4.79 Å². The summed E-state index contributed by atoms with van der Waals surface area (Å²) < 4.78 is 1.96. The molecule has 0 unspecified atom stereocenters. The van der Waals surface area contributed by atoms with Crippen molar-refractivity contribution in [2.45, 2.75) is 31.3 Å². The Hall–Kier alpha value is -3.45. The fourth-order valence-corrected chi connectivity index (χ4v) is 4.07. The third-order valence-corrected chi connectivity index (χ3v) is 5.89. The molecular weight excluding hydrogens is 418 g/mol. The molecule has 0 saturated heterocycles. The van der Waals surface area contributed by atoms with Crippen LogP contribution in [0.5, 0.6) is 0 Å². The average molecular weight is 444 g/mol. The first-order valence-electron chi connectivity index (χ1n) is 10.7. The van der Waals surface area contributed by atoms with Gasteiger partial charge in [-0.25, -0.2) is 0 Å². The monoisotopic (exact) mass is 443 g/mol. The smallest absolute Gasteiger partial charge is 0.234 e. The summed E-state index contributed by atoms with van der Waals surface area (Å²) >= 11 is 1.36. The third kappa shape index (κ3) is 5.42. The van der Waals surface area contributed by atoms with Gasteiger partial charge in [-0.1, -0.05) is 55.4 Å². The van der Waals surface area contributed by atoms with Crippen LogP contribution < -0.4 is 5.32 Å². The Morgan fingerprint density at radius 2 is 1.81 bits per heavy atom. The molecule has 0 spiro atoms. The van der Waals surface area contributed by atoms with Crippen LogP contribution in [0.25, 0.3) is 17.1 Å². The van der Waals surface area contributed by atoms with Crippen LogP contribution in [0.15, 0.2) is 84.3 Å². The molecule has 32 heavy (non-hydrogen) atoms. The van der Waals surface area contributed by atoms with Crippen LogP contribution in [0.2, 0.25) is 0 Å². The van der Waals surface area contributed by atoms with Crippen LogP contribution in [0.4, 0.5) is 5.69 Å². The van der Waals surface area contributed by atoms with E-state index in [1.807, 2.05) is 59.2 Å². The molecule has 0 saturated carbocycles. The summed E-state index contributed by atoms with van der Waals surface area (Å²) in [4.78, 5) is 16.8. The Morgan fingerprint density at radius 3 is 2.53 bits per heavy atom. The minimum absolute atomic E-state index is 0.0816. The molecule has 0 radical (unpaired) electrons. The van der Waals surface area contributed by atoms with Gasteiger partial charge in [0, 0.05) is 29.3 Å². The Balaban J connectivity index is 1.47. The standard InChI is InChI=1S/C25H25N5OS/c1-2-3-8-19-12-14-21(15-13-19)27-23(31)18-32-25-29-28-24(20-9-7-16-26-17-20)30(25)22-10-5-4-6-11-22/h4-7,9-17H,2-3,8,18H2,1H3,(H,27,31). The second kappa shape index (κ2) is 10.7. The fraction of sp³-hybridized carbons (Fsp3) is 0.200. The van der Waals surface area contributed by atoms with E-state index >= 15 is 0 Å². The number of rotatable bonds is 9. The van der Waals surface area contributed by atoms with E-state index in [1.165, 1.54) is 30.2 Å². The molecule has 0 aliphatic rings. The zero-order valence-corrected chi connectivity index (χ0v) is 18.8. The van der Waals surface area contributed by atoms with E-state index < -0.39 is 0 Å². The largest absolute Gasteiger partial charge is 0.325 e. The van der Waals surface area contributed by atoms with Crippen LogP contribution in [0.1, 0.15) is 25.3 Å². The normalized spacial score (nSPS) is 10.8. The van der Waals surface area contributed by atoms with Crippen molar-refractivity contribution in [2.75, 3.05) is 11.1 Å². The maximum absolute atomic E-state index is 12.6. The summed E-state index contributed by atoms with van der Waals surface area (Å²) in [5, 5.41) is 12.4. The summed E-state index contributed by atoms with van der Waals surface area (Å²) in [5.74, 6) is 0.840. The highest BCUT2D eigenvalue weighted by Crippen LogP contribution is 2.27. The molecule has 1 N–H and O–H groups in total.